The van der Waals surface area contributed by atoms with Crippen LogP contribution in [0.4, 0.5) is 0 Å². The molecule has 0 radical (unpaired) electrons. The van der Waals surface area contributed by atoms with Crippen LogP contribution in [0.5, 0.6) is 0 Å². The predicted molar refractivity (Wildman–Crippen MR) is 85.6 cm³/mol. The van der Waals surface area contributed by atoms with E-state index in [4.69, 9.17) is 0 Å². The minimum absolute atomic E-state index is 0.0567. The lowest BCUT2D eigenvalue weighted by Crippen LogP contribution is -2.42. The van der Waals surface area contributed by atoms with Gasteiger partial charge in [-0.05, 0) is 38.5 Å². The number of carbonyl (C=O) groups is 1. The molecule has 1 N–H and O–H groups in total. The first-order valence-corrected chi connectivity index (χ1v) is 7.45. The van der Waals surface area contributed by atoms with E-state index in [0.717, 1.165) is 12.1 Å². The molecule has 0 atom stereocenters. The van der Waals surface area contributed by atoms with Gasteiger partial charge in [0.15, 0.2) is 0 Å². The SMILES string of the molecule is CCN(CC(C)(C)O)C(=O)c1ccc(Cn2ccnc2)cc1. The zero-order valence-corrected chi connectivity index (χ0v) is 13.4. The fourth-order valence-electron chi connectivity index (χ4n) is 2.32. The van der Waals surface area contributed by atoms with Crippen molar-refractivity contribution in [1.82, 2.24) is 14.5 Å². The Morgan fingerprint density at radius 1 is 1.32 bits per heavy atom. The van der Waals surface area contributed by atoms with E-state index in [0.29, 0.717) is 18.7 Å². The van der Waals surface area contributed by atoms with Crippen LogP contribution in [0.25, 0.3) is 0 Å². The van der Waals surface area contributed by atoms with E-state index in [9.17, 15) is 9.90 Å². The van der Waals surface area contributed by atoms with Crippen LogP contribution in [0.1, 0.15) is 36.7 Å². The highest BCUT2D eigenvalue weighted by molar-refractivity contribution is 5.94. The molecule has 118 valence electrons. The third kappa shape index (κ3) is 4.43. The van der Waals surface area contributed by atoms with E-state index < -0.39 is 5.60 Å². The second-order valence-electron chi connectivity index (χ2n) is 6.06. The summed E-state index contributed by atoms with van der Waals surface area (Å²) in [5.74, 6) is -0.0567. The molecule has 1 aromatic carbocycles. The standard InChI is InChI=1S/C17H23N3O2/c1-4-20(12-17(2,3)22)16(21)15-7-5-14(6-8-15)11-19-10-9-18-13-19/h5-10,13,22H,4,11-12H2,1-3H3. The van der Waals surface area contributed by atoms with Crippen LogP contribution in [0.15, 0.2) is 43.0 Å². The normalized spacial score (nSPS) is 11.5. The molecule has 0 aliphatic carbocycles. The summed E-state index contributed by atoms with van der Waals surface area (Å²) in [5.41, 5.74) is 0.855. The van der Waals surface area contributed by atoms with Gasteiger partial charge in [-0.25, -0.2) is 4.98 Å². The Hall–Kier alpha value is -2.14. The smallest absolute Gasteiger partial charge is 0.253 e. The number of aliphatic hydroxyl groups is 1. The monoisotopic (exact) mass is 301 g/mol. The molecule has 0 aliphatic rings. The summed E-state index contributed by atoms with van der Waals surface area (Å²) in [6.45, 7) is 6.94. The molecule has 2 aromatic rings. The van der Waals surface area contributed by atoms with Crippen molar-refractivity contribution >= 4 is 5.91 Å². The number of hydrogen-bond donors (Lipinski definition) is 1. The van der Waals surface area contributed by atoms with Gasteiger partial charge in [0, 0.05) is 37.6 Å². The van der Waals surface area contributed by atoms with Gasteiger partial charge < -0.3 is 14.6 Å². The van der Waals surface area contributed by atoms with Crippen LogP contribution in [-0.4, -0.2) is 44.2 Å². The first kappa shape index (κ1) is 16.2. The molecule has 1 amide bonds. The highest BCUT2D eigenvalue weighted by Crippen LogP contribution is 2.12. The van der Waals surface area contributed by atoms with Crippen molar-refractivity contribution in [3.05, 3.63) is 54.1 Å². The number of carbonyl (C=O) groups excluding carboxylic acids is 1. The number of hydrogen-bond acceptors (Lipinski definition) is 3. The molecule has 0 unspecified atom stereocenters. The largest absolute Gasteiger partial charge is 0.389 e. The maximum absolute atomic E-state index is 12.5. The fraction of sp³-hybridized carbons (Fsp3) is 0.412. The molecule has 0 aliphatic heterocycles. The maximum Gasteiger partial charge on any atom is 0.253 e. The van der Waals surface area contributed by atoms with Gasteiger partial charge in [-0.15, -0.1) is 0 Å². The topological polar surface area (TPSA) is 58.4 Å². The quantitative estimate of drug-likeness (QED) is 0.889. The van der Waals surface area contributed by atoms with E-state index in [1.165, 1.54) is 0 Å². The van der Waals surface area contributed by atoms with E-state index in [1.807, 2.05) is 42.0 Å². The van der Waals surface area contributed by atoms with E-state index in [2.05, 4.69) is 4.98 Å². The van der Waals surface area contributed by atoms with Gasteiger partial charge in [0.25, 0.3) is 5.91 Å². The number of benzene rings is 1. The molecular formula is C17H23N3O2. The van der Waals surface area contributed by atoms with Gasteiger partial charge in [-0.3, -0.25) is 4.79 Å². The second kappa shape index (κ2) is 6.75. The highest BCUT2D eigenvalue weighted by Gasteiger charge is 2.22. The summed E-state index contributed by atoms with van der Waals surface area (Å²) in [6, 6.07) is 7.57. The minimum Gasteiger partial charge on any atom is -0.389 e. The number of rotatable bonds is 6. The second-order valence-corrected chi connectivity index (χ2v) is 6.06. The summed E-state index contributed by atoms with van der Waals surface area (Å²) in [5, 5.41) is 9.90. The lowest BCUT2D eigenvalue weighted by Gasteiger charge is -2.28. The third-order valence-corrected chi connectivity index (χ3v) is 3.37. The zero-order chi connectivity index (χ0) is 16.2. The van der Waals surface area contributed by atoms with Gasteiger partial charge in [0.2, 0.25) is 0 Å². The maximum atomic E-state index is 12.5. The molecule has 5 heteroatoms. The highest BCUT2D eigenvalue weighted by atomic mass is 16.3. The molecule has 0 fully saturated rings. The first-order valence-electron chi connectivity index (χ1n) is 7.45. The van der Waals surface area contributed by atoms with Gasteiger partial charge in [-0.1, -0.05) is 12.1 Å². The minimum atomic E-state index is -0.896. The zero-order valence-electron chi connectivity index (χ0n) is 13.4. The van der Waals surface area contributed by atoms with Crippen LogP contribution >= 0.6 is 0 Å². The Kier molecular flexibility index (Phi) is 4.98. The molecule has 0 saturated carbocycles. The molecular weight excluding hydrogens is 278 g/mol. The Morgan fingerprint density at radius 3 is 2.50 bits per heavy atom. The van der Waals surface area contributed by atoms with Gasteiger partial charge in [0.1, 0.15) is 0 Å². The van der Waals surface area contributed by atoms with Crippen LogP contribution < -0.4 is 0 Å². The number of nitrogens with zero attached hydrogens (tertiary/aromatic N) is 3. The molecule has 0 spiro atoms. The summed E-state index contributed by atoms with van der Waals surface area (Å²) < 4.78 is 1.98. The van der Waals surface area contributed by atoms with E-state index in [1.54, 1.807) is 31.3 Å². The third-order valence-electron chi connectivity index (χ3n) is 3.37. The summed E-state index contributed by atoms with van der Waals surface area (Å²) in [4.78, 5) is 18.2. The fourth-order valence-corrected chi connectivity index (χ4v) is 2.32. The summed E-state index contributed by atoms with van der Waals surface area (Å²) >= 11 is 0. The summed E-state index contributed by atoms with van der Waals surface area (Å²) in [7, 11) is 0. The first-order chi connectivity index (χ1) is 10.4. The molecule has 1 heterocycles. The van der Waals surface area contributed by atoms with Crippen LogP contribution in [0.3, 0.4) is 0 Å². The van der Waals surface area contributed by atoms with Gasteiger partial charge in [-0.2, -0.15) is 0 Å². The predicted octanol–water partition coefficient (Wildman–Crippen LogP) is 2.16. The van der Waals surface area contributed by atoms with Crippen molar-refractivity contribution < 1.29 is 9.90 Å². The van der Waals surface area contributed by atoms with Crippen molar-refractivity contribution in [2.75, 3.05) is 13.1 Å². The molecule has 1 aromatic heterocycles. The number of likely N-dealkylation sites (N-methyl/N-ethyl adjacent to an activating group) is 1. The molecule has 0 saturated heterocycles. The van der Waals surface area contributed by atoms with Gasteiger partial charge >= 0.3 is 0 Å². The number of aromatic nitrogens is 2. The molecule has 5 nitrogen and oxygen atoms in total. The van der Waals surface area contributed by atoms with Crippen LogP contribution in [0.2, 0.25) is 0 Å². The van der Waals surface area contributed by atoms with E-state index in [-0.39, 0.29) is 5.91 Å². The molecule has 22 heavy (non-hydrogen) atoms. The van der Waals surface area contributed by atoms with Crippen molar-refractivity contribution in [2.45, 2.75) is 32.9 Å². The van der Waals surface area contributed by atoms with Crippen LogP contribution in [-0.2, 0) is 6.54 Å². The Morgan fingerprint density at radius 2 is 2.00 bits per heavy atom. The van der Waals surface area contributed by atoms with Crippen molar-refractivity contribution in [2.24, 2.45) is 0 Å². The lowest BCUT2D eigenvalue weighted by atomic mass is 10.1. The molecule has 2 rings (SSSR count). The summed E-state index contributed by atoms with van der Waals surface area (Å²) in [6.07, 6.45) is 5.41. The van der Waals surface area contributed by atoms with E-state index >= 15 is 0 Å². The Bertz CT molecular complexity index is 598. The Labute approximate surface area is 131 Å². The lowest BCUT2D eigenvalue weighted by molar-refractivity contribution is 0.0314. The average molecular weight is 301 g/mol. The van der Waals surface area contributed by atoms with Crippen molar-refractivity contribution in [3.63, 3.8) is 0 Å². The van der Waals surface area contributed by atoms with Crippen LogP contribution in [0, 0.1) is 0 Å². The van der Waals surface area contributed by atoms with Gasteiger partial charge in [0.05, 0.1) is 11.9 Å². The number of imidazole rings is 1. The van der Waals surface area contributed by atoms with Crippen molar-refractivity contribution in [3.8, 4) is 0 Å². The molecule has 0 bridgehead atoms. The number of amides is 1. The van der Waals surface area contributed by atoms with Crippen molar-refractivity contribution in [1.29, 1.82) is 0 Å². The average Bonchev–Trinajstić information content (AvgIpc) is 2.97. The Balaban J connectivity index is 2.06.